The van der Waals surface area contributed by atoms with Gasteiger partial charge in [-0.15, -0.1) is 0 Å². The van der Waals surface area contributed by atoms with E-state index >= 15 is 0 Å². The molecule has 1 N–H and O–H groups in total. The van der Waals surface area contributed by atoms with Crippen molar-refractivity contribution in [2.45, 2.75) is 12.5 Å². The van der Waals surface area contributed by atoms with Gasteiger partial charge in [-0.3, -0.25) is 0 Å². The molecular formula is C6H13NO2. The van der Waals surface area contributed by atoms with Crippen molar-refractivity contribution in [3.05, 3.63) is 0 Å². The fourth-order valence-electron chi connectivity index (χ4n) is 0.459. The zero-order valence-corrected chi connectivity index (χ0v) is 5.87. The van der Waals surface area contributed by atoms with E-state index in [2.05, 4.69) is 0 Å². The largest absolute Gasteiger partial charge is 0.386 e. The van der Waals surface area contributed by atoms with Gasteiger partial charge in [-0.1, -0.05) is 0 Å². The van der Waals surface area contributed by atoms with Crippen molar-refractivity contribution in [1.82, 2.24) is 4.90 Å². The van der Waals surface area contributed by atoms with Crippen molar-refractivity contribution in [1.29, 1.82) is 0 Å². The van der Waals surface area contributed by atoms with E-state index in [-0.39, 0.29) is 0 Å². The minimum atomic E-state index is -0.785. The lowest BCUT2D eigenvalue weighted by Gasteiger charge is -2.09. The normalized spacial score (nSPS) is 13.8. The van der Waals surface area contributed by atoms with Gasteiger partial charge in [-0.05, 0) is 20.5 Å². The Hall–Kier alpha value is -0.410. The first-order valence-corrected chi connectivity index (χ1v) is 2.95. The highest BCUT2D eigenvalue weighted by Crippen LogP contribution is 1.87. The summed E-state index contributed by atoms with van der Waals surface area (Å²) in [6.45, 7) is 0.750. The Morgan fingerprint density at radius 1 is 1.67 bits per heavy atom. The number of nitrogens with zero attached hydrogens (tertiary/aromatic N) is 1. The van der Waals surface area contributed by atoms with E-state index in [1.807, 2.05) is 19.0 Å². The van der Waals surface area contributed by atoms with Gasteiger partial charge in [-0.25, -0.2) is 0 Å². The van der Waals surface area contributed by atoms with Crippen LogP contribution >= 0.6 is 0 Å². The predicted octanol–water partition coefficient (Wildman–Crippen LogP) is -0.502. The molecule has 0 spiro atoms. The average Bonchev–Trinajstić information content (AvgIpc) is 1.83. The zero-order valence-electron chi connectivity index (χ0n) is 5.87. The summed E-state index contributed by atoms with van der Waals surface area (Å²) >= 11 is 0. The summed E-state index contributed by atoms with van der Waals surface area (Å²) in [5.74, 6) is 0. The molecule has 0 aliphatic carbocycles. The molecule has 0 fully saturated rings. The van der Waals surface area contributed by atoms with Crippen molar-refractivity contribution in [2.24, 2.45) is 0 Å². The molecule has 0 rings (SSSR count). The van der Waals surface area contributed by atoms with Crippen LogP contribution in [0.15, 0.2) is 0 Å². The fourth-order valence-corrected chi connectivity index (χ4v) is 0.459. The monoisotopic (exact) mass is 131 g/mol. The van der Waals surface area contributed by atoms with Gasteiger partial charge in [0.15, 0.2) is 0 Å². The van der Waals surface area contributed by atoms with E-state index in [0.29, 0.717) is 12.7 Å². The summed E-state index contributed by atoms with van der Waals surface area (Å²) in [5, 5.41) is 8.71. The molecule has 0 aliphatic heterocycles. The van der Waals surface area contributed by atoms with E-state index in [1.54, 1.807) is 0 Å². The van der Waals surface area contributed by atoms with Crippen molar-refractivity contribution in [2.75, 3.05) is 20.6 Å². The number of carbonyl (C=O) groups is 1. The molecule has 3 heteroatoms. The third kappa shape index (κ3) is 5.46. The highest BCUT2D eigenvalue weighted by molar-refractivity contribution is 5.55. The first kappa shape index (κ1) is 8.59. The highest BCUT2D eigenvalue weighted by Gasteiger charge is 2.00. The Morgan fingerprint density at radius 2 is 2.22 bits per heavy atom. The van der Waals surface area contributed by atoms with Gasteiger partial charge >= 0.3 is 0 Å². The summed E-state index contributed by atoms with van der Waals surface area (Å²) in [6.07, 6.45) is 0.299. The van der Waals surface area contributed by atoms with E-state index < -0.39 is 6.10 Å². The summed E-state index contributed by atoms with van der Waals surface area (Å²) in [5.41, 5.74) is 0. The second kappa shape index (κ2) is 4.47. The smallest absolute Gasteiger partial charge is 0.148 e. The lowest BCUT2D eigenvalue weighted by Crippen LogP contribution is -2.19. The summed E-state index contributed by atoms with van der Waals surface area (Å²) in [7, 11) is 3.80. The molecule has 0 aliphatic rings. The molecule has 1 unspecified atom stereocenters. The Kier molecular flexibility index (Phi) is 4.26. The number of aldehydes is 1. The minimum Gasteiger partial charge on any atom is -0.386 e. The summed E-state index contributed by atoms with van der Waals surface area (Å²) in [4.78, 5) is 11.8. The molecule has 0 heterocycles. The molecule has 0 aromatic heterocycles. The van der Waals surface area contributed by atoms with Crippen LogP contribution in [0.25, 0.3) is 0 Å². The van der Waals surface area contributed by atoms with Gasteiger partial charge in [0.1, 0.15) is 12.4 Å². The van der Waals surface area contributed by atoms with E-state index in [9.17, 15) is 4.79 Å². The van der Waals surface area contributed by atoms with Gasteiger partial charge in [0.2, 0.25) is 0 Å². The quantitative estimate of drug-likeness (QED) is 0.523. The van der Waals surface area contributed by atoms with Crippen LogP contribution in [0.1, 0.15) is 6.42 Å². The van der Waals surface area contributed by atoms with Crippen LogP contribution < -0.4 is 0 Å². The fraction of sp³-hybridized carbons (Fsp3) is 0.833. The maximum Gasteiger partial charge on any atom is 0.148 e. The second-order valence-electron chi connectivity index (χ2n) is 2.30. The Morgan fingerprint density at radius 3 is 2.56 bits per heavy atom. The minimum absolute atomic E-state index is 0.524. The van der Waals surface area contributed by atoms with Gasteiger partial charge in [0, 0.05) is 6.54 Å². The lowest BCUT2D eigenvalue weighted by molar-refractivity contribution is -0.115. The molecule has 0 aromatic carbocycles. The standard InChI is InChI=1S/C6H13NO2/c1-7(2)4-3-6(9)5-8/h5-6,9H,3-4H2,1-2H3. The van der Waals surface area contributed by atoms with Crippen LogP contribution in [0, 0.1) is 0 Å². The van der Waals surface area contributed by atoms with Gasteiger partial charge in [0.05, 0.1) is 0 Å². The van der Waals surface area contributed by atoms with Crippen molar-refractivity contribution < 1.29 is 9.90 Å². The van der Waals surface area contributed by atoms with Crippen LogP contribution in [-0.4, -0.2) is 43.0 Å². The maximum atomic E-state index is 9.85. The van der Waals surface area contributed by atoms with Crippen LogP contribution in [-0.2, 0) is 4.79 Å². The van der Waals surface area contributed by atoms with Gasteiger partial charge in [-0.2, -0.15) is 0 Å². The van der Waals surface area contributed by atoms with Crippen LogP contribution in [0.3, 0.4) is 0 Å². The molecular weight excluding hydrogens is 118 g/mol. The molecule has 54 valence electrons. The van der Waals surface area contributed by atoms with Gasteiger partial charge < -0.3 is 14.8 Å². The molecule has 0 radical (unpaired) electrons. The third-order valence-corrected chi connectivity index (χ3v) is 1.03. The SMILES string of the molecule is CN(C)CCC(O)C=O. The molecule has 0 aromatic rings. The van der Waals surface area contributed by atoms with Crippen LogP contribution in [0.5, 0.6) is 0 Å². The molecule has 1 atom stereocenters. The van der Waals surface area contributed by atoms with E-state index in [4.69, 9.17) is 5.11 Å². The summed E-state index contributed by atoms with van der Waals surface area (Å²) in [6, 6.07) is 0. The number of aliphatic hydroxyl groups is 1. The first-order valence-electron chi connectivity index (χ1n) is 2.95. The molecule has 3 nitrogen and oxygen atoms in total. The maximum absolute atomic E-state index is 9.85. The Bertz CT molecular complexity index is 83.1. The number of hydrogen-bond donors (Lipinski definition) is 1. The molecule has 0 amide bonds. The number of aliphatic hydroxyl groups excluding tert-OH is 1. The predicted molar refractivity (Wildman–Crippen MR) is 35.2 cm³/mol. The Labute approximate surface area is 55.3 Å². The Balaban J connectivity index is 3.16. The number of carbonyl (C=O) groups excluding carboxylic acids is 1. The molecule has 0 saturated carbocycles. The number of hydrogen-bond acceptors (Lipinski definition) is 3. The van der Waals surface area contributed by atoms with Crippen molar-refractivity contribution >= 4 is 6.29 Å². The van der Waals surface area contributed by atoms with Gasteiger partial charge in [0.25, 0.3) is 0 Å². The van der Waals surface area contributed by atoms with Crippen molar-refractivity contribution in [3.63, 3.8) is 0 Å². The van der Waals surface area contributed by atoms with Crippen LogP contribution in [0.4, 0.5) is 0 Å². The van der Waals surface area contributed by atoms with Crippen molar-refractivity contribution in [3.8, 4) is 0 Å². The molecule has 9 heavy (non-hydrogen) atoms. The topological polar surface area (TPSA) is 40.5 Å². The lowest BCUT2D eigenvalue weighted by atomic mass is 10.3. The average molecular weight is 131 g/mol. The highest BCUT2D eigenvalue weighted by atomic mass is 16.3. The first-order chi connectivity index (χ1) is 4.16. The van der Waals surface area contributed by atoms with Crippen LogP contribution in [0.2, 0.25) is 0 Å². The third-order valence-electron chi connectivity index (χ3n) is 1.03. The zero-order chi connectivity index (χ0) is 7.28. The molecule has 0 bridgehead atoms. The summed E-state index contributed by atoms with van der Waals surface area (Å²) < 4.78 is 0. The molecule has 0 saturated heterocycles. The number of rotatable bonds is 4. The van der Waals surface area contributed by atoms with E-state index in [0.717, 1.165) is 6.54 Å². The van der Waals surface area contributed by atoms with E-state index in [1.165, 1.54) is 0 Å². The second-order valence-corrected chi connectivity index (χ2v) is 2.30.